The average molecular weight is 217 g/mol. The Balaban J connectivity index is 2.26. The number of rotatable bonds is 1. The Morgan fingerprint density at radius 2 is 2.21 bits per heavy atom. The van der Waals surface area contributed by atoms with Gasteiger partial charge in [0.15, 0.2) is 0 Å². The Labute approximate surface area is 89.9 Å². The van der Waals surface area contributed by atoms with Gasteiger partial charge in [0.05, 0.1) is 24.2 Å². The van der Waals surface area contributed by atoms with E-state index in [4.69, 9.17) is 16.3 Å². The molecule has 80 valence electrons. The van der Waals surface area contributed by atoms with Gasteiger partial charge < -0.3 is 9.84 Å². The third-order valence-corrected chi connectivity index (χ3v) is 3.81. The molecule has 14 heavy (non-hydrogen) atoms. The molecule has 2 rings (SSSR count). The average Bonchev–Trinajstić information content (AvgIpc) is 2.41. The molecule has 2 nitrogen and oxygen atoms in total. The first-order chi connectivity index (χ1) is 6.63. The van der Waals surface area contributed by atoms with Gasteiger partial charge in [-0.15, -0.1) is 11.6 Å². The fourth-order valence-corrected chi connectivity index (χ4v) is 3.28. The predicted molar refractivity (Wildman–Crippen MR) is 56.4 cm³/mol. The Hall–Kier alpha value is -0.0500. The topological polar surface area (TPSA) is 29.5 Å². The van der Waals surface area contributed by atoms with Gasteiger partial charge in [0.2, 0.25) is 0 Å². The Kier molecular flexibility index (Phi) is 2.87. The van der Waals surface area contributed by atoms with Gasteiger partial charge in [-0.3, -0.25) is 0 Å². The highest BCUT2D eigenvalue weighted by Gasteiger charge is 2.44. The maximum Gasteiger partial charge on any atom is 0.0646 e. The van der Waals surface area contributed by atoms with Crippen LogP contribution in [0.25, 0.3) is 0 Å². The number of aliphatic hydroxyl groups is 1. The first kappa shape index (κ1) is 10.5. The minimum absolute atomic E-state index is 0.0646. The summed E-state index contributed by atoms with van der Waals surface area (Å²) in [5.74, 6) is 0.865. The van der Waals surface area contributed by atoms with Crippen LogP contribution in [0.1, 0.15) is 20.3 Å². The minimum atomic E-state index is 0.0646. The fourth-order valence-electron chi connectivity index (χ4n) is 2.91. The van der Waals surface area contributed by atoms with Crippen molar-refractivity contribution in [1.82, 2.24) is 0 Å². The van der Waals surface area contributed by atoms with Crippen LogP contribution in [-0.2, 0) is 4.74 Å². The molecule has 1 N–H and O–H groups in total. The molecule has 0 spiro atoms. The van der Waals surface area contributed by atoms with Gasteiger partial charge in [0, 0.05) is 5.92 Å². The van der Waals surface area contributed by atoms with E-state index in [1.165, 1.54) is 0 Å². The van der Waals surface area contributed by atoms with Crippen molar-refractivity contribution in [2.24, 2.45) is 11.8 Å². The largest absolute Gasteiger partial charge is 0.392 e. The Morgan fingerprint density at radius 1 is 1.50 bits per heavy atom. The number of allylic oxidation sites excluding steroid dienone is 1. The summed E-state index contributed by atoms with van der Waals surface area (Å²) >= 11 is 6.13. The molecule has 1 saturated heterocycles. The molecule has 0 aromatic rings. The van der Waals surface area contributed by atoms with E-state index in [9.17, 15) is 5.11 Å². The van der Waals surface area contributed by atoms with Crippen LogP contribution in [0.15, 0.2) is 11.6 Å². The molecule has 0 radical (unpaired) electrons. The number of hydrogen-bond donors (Lipinski definition) is 1. The Morgan fingerprint density at radius 3 is 2.86 bits per heavy atom. The van der Waals surface area contributed by atoms with E-state index in [1.54, 1.807) is 0 Å². The number of alkyl halides is 1. The van der Waals surface area contributed by atoms with E-state index in [0.717, 1.165) is 12.0 Å². The fraction of sp³-hybridized carbons (Fsp3) is 0.818. The second-order valence-electron chi connectivity index (χ2n) is 4.39. The van der Waals surface area contributed by atoms with E-state index in [2.05, 4.69) is 13.8 Å². The van der Waals surface area contributed by atoms with Gasteiger partial charge in [0.1, 0.15) is 0 Å². The highest BCUT2D eigenvalue weighted by molar-refractivity contribution is 6.21. The number of fused-ring (bicyclic) bond motifs is 1. The van der Waals surface area contributed by atoms with Crippen LogP contribution in [0, 0.1) is 11.8 Å². The molecule has 3 heteroatoms. The van der Waals surface area contributed by atoms with Gasteiger partial charge in [0.25, 0.3) is 0 Å². The minimum Gasteiger partial charge on any atom is -0.392 e. The van der Waals surface area contributed by atoms with Crippen molar-refractivity contribution < 1.29 is 9.84 Å². The molecule has 0 saturated carbocycles. The first-order valence-electron chi connectivity index (χ1n) is 5.24. The second-order valence-corrected chi connectivity index (χ2v) is 4.95. The molecule has 0 aromatic carbocycles. The molecule has 0 aromatic heterocycles. The molecular formula is C11H17ClO2. The summed E-state index contributed by atoms with van der Waals surface area (Å²) in [6, 6.07) is 0. The molecule has 5 unspecified atom stereocenters. The zero-order valence-corrected chi connectivity index (χ0v) is 9.37. The molecule has 1 aliphatic carbocycles. The summed E-state index contributed by atoms with van der Waals surface area (Å²) in [7, 11) is 0. The van der Waals surface area contributed by atoms with Crippen molar-refractivity contribution in [2.75, 3.05) is 6.61 Å². The SMILES string of the molecule is CC1OC(C)C2C(CO)=CC(Cl)CC12. The summed E-state index contributed by atoms with van der Waals surface area (Å²) in [6.45, 7) is 4.30. The van der Waals surface area contributed by atoms with Gasteiger partial charge in [-0.2, -0.15) is 0 Å². The summed E-state index contributed by atoms with van der Waals surface area (Å²) in [5.41, 5.74) is 1.07. The highest BCUT2D eigenvalue weighted by atomic mass is 35.5. The molecule has 1 heterocycles. The molecule has 0 amide bonds. The summed E-state index contributed by atoms with van der Waals surface area (Å²) in [4.78, 5) is 0. The van der Waals surface area contributed by atoms with Crippen molar-refractivity contribution in [2.45, 2.75) is 37.9 Å². The van der Waals surface area contributed by atoms with Gasteiger partial charge in [-0.1, -0.05) is 6.08 Å². The lowest BCUT2D eigenvalue weighted by Crippen LogP contribution is -2.30. The van der Waals surface area contributed by atoms with E-state index >= 15 is 0 Å². The van der Waals surface area contributed by atoms with Crippen molar-refractivity contribution in [1.29, 1.82) is 0 Å². The molecule has 1 aliphatic heterocycles. The predicted octanol–water partition coefficient (Wildman–Crippen LogP) is 1.96. The van der Waals surface area contributed by atoms with E-state index < -0.39 is 0 Å². The van der Waals surface area contributed by atoms with Crippen LogP contribution in [0.5, 0.6) is 0 Å². The molecular weight excluding hydrogens is 200 g/mol. The number of aliphatic hydroxyl groups excluding tert-OH is 1. The maximum absolute atomic E-state index is 9.28. The Bertz CT molecular complexity index is 252. The van der Waals surface area contributed by atoms with E-state index in [0.29, 0.717) is 11.8 Å². The molecule has 2 aliphatic rings. The maximum atomic E-state index is 9.28. The zero-order valence-electron chi connectivity index (χ0n) is 8.61. The van der Waals surface area contributed by atoms with Crippen molar-refractivity contribution in [3.63, 3.8) is 0 Å². The van der Waals surface area contributed by atoms with E-state index in [-0.39, 0.29) is 24.2 Å². The zero-order chi connectivity index (χ0) is 10.3. The van der Waals surface area contributed by atoms with Crippen molar-refractivity contribution >= 4 is 11.6 Å². The van der Waals surface area contributed by atoms with Gasteiger partial charge >= 0.3 is 0 Å². The third-order valence-electron chi connectivity index (χ3n) is 3.50. The molecule has 0 bridgehead atoms. The first-order valence-corrected chi connectivity index (χ1v) is 5.68. The summed E-state index contributed by atoms with van der Waals surface area (Å²) < 4.78 is 5.78. The van der Waals surface area contributed by atoms with Crippen LogP contribution in [0.4, 0.5) is 0 Å². The van der Waals surface area contributed by atoms with Crippen molar-refractivity contribution in [3.8, 4) is 0 Å². The summed E-state index contributed by atoms with van der Waals surface area (Å²) in [5, 5.41) is 9.34. The number of hydrogen-bond acceptors (Lipinski definition) is 2. The van der Waals surface area contributed by atoms with Gasteiger partial charge in [-0.05, 0) is 31.8 Å². The van der Waals surface area contributed by atoms with Crippen molar-refractivity contribution in [3.05, 3.63) is 11.6 Å². The lowest BCUT2D eigenvalue weighted by atomic mass is 9.75. The highest BCUT2D eigenvalue weighted by Crippen LogP contribution is 2.43. The van der Waals surface area contributed by atoms with Crippen LogP contribution in [0.3, 0.4) is 0 Å². The number of halogens is 1. The number of ether oxygens (including phenoxy) is 1. The lowest BCUT2D eigenvalue weighted by Gasteiger charge is -2.30. The third kappa shape index (κ3) is 1.60. The second kappa shape index (κ2) is 3.84. The van der Waals surface area contributed by atoms with Gasteiger partial charge in [-0.25, -0.2) is 0 Å². The lowest BCUT2D eigenvalue weighted by molar-refractivity contribution is 0.0516. The summed E-state index contributed by atoms with van der Waals surface area (Å²) in [6.07, 6.45) is 3.46. The monoisotopic (exact) mass is 216 g/mol. The molecule has 1 fully saturated rings. The van der Waals surface area contributed by atoms with Crippen LogP contribution in [0.2, 0.25) is 0 Å². The molecule has 5 atom stereocenters. The van der Waals surface area contributed by atoms with E-state index in [1.807, 2.05) is 6.08 Å². The standard InChI is InChI=1S/C11H17ClO2/c1-6-10-4-9(12)3-8(5-13)11(10)7(2)14-6/h3,6-7,9-11,13H,4-5H2,1-2H3. The smallest absolute Gasteiger partial charge is 0.0646 e. The van der Waals surface area contributed by atoms with Crippen LogP contribution >= 0.6 is 11.6 Å². The van der Waals surface area contributed by atoms with Crippen LogP contribution < -0.4 is 0 Å². The quantitative estimate of drug-likeness (QED) is 0.537. The normalized spacial score (nSPS) is 47.4. The van der Waals surface area contributed by atoms with Crippen LogP contribution in [-0.4, -0.2) is 29.3 Å².